The number of hydrogen-bond donors (Lipinski definition) is 0. The highest BCUT2D eigenvalue weighted by Gasteiger charge is 2.19. The van der Waals surface area contributed by atoms with Crippen LogP contribution < -0.4 is 0 Å². The lowest BCUT2D eigenvalue weighted by molar-refractivity contribution is 0.128. The molecule has 0 N–H and O–H groups in total. The summed E-state index contributed by atoms with van der Waals surface area (Å²) in [6, 6.07) is 3.86. The van der Waals surface area contributed by atoms with Crippen LogP contribution in [0.4, 0.5) is 0 Å². The summed E-state index contributed by atoms with van der Waals surface area (Å²) >= 11 is 1.56. The van der Waals surface area contributed by atoms with Gasteiger partial charge in [0.2, 0.25) is 0 Å². The molecule has 0 spiro atoms. The van der Waals surface area contributed by atoms with Crippen LogP contribution in [0.2, 0.25) is 0 Å². The standard InChI is InChI=1S/C9H12O2S2/c10-13(9-4-2-6-12-9)7-8-3-1-5-11-8/h2,4,6,8H,1,3,5,7H2. The molecule has 1 fully saturated rings. The van der Waals surface area contributed by atoms with Crippen LogP contribution in [0.25, 0.3) is 0 Å². The zero-order chi connectivity index (χ0) is 9.10. The van der Waals surface area contributed by atoms with Crippen molar-refractivity contribution < 1.29 is 8.95 Å². The summed E-state index contributed by atoms with van der Waals surface area (Å²) in [5.74, 6) is 0.667. The molecule has 2 heterocycles. The van der Waals surface area contributed by atoms with E-state index in [9.17, 15) is 4.21 Å². The number of hydrogen-bond acceptors (Lipinski definition) is 3. The Bertz CT molecular complexity index is 276. The molecule has 0 saturated carbocycles. The molecule has 0 aliphatic carbocycles. The molecule has 0 bridgehead atoms. The van der Waals surface area contributed by atoms with Crippen molar-refractivity contribution in [3.05, 3.63) is 17.5 Å². The Morgan fingerprint density at radius 1 is 1.69 bits per heavy atom. The molecule has 2 unspecified atom stereocenters. The summed E-state index contributed by atoms with van der Waals surface area (Å²) in [6.07, 6.45) is 2.41. The average molecular weight is 216 g/mol. The van der Waals surface area contributed by atoms with E-state index in [0.717, 1.165) is 23.7 Å². The van der Waals surface area contributed by atoms with Crippen LogP contribution in [-0.4, -0.2) is 22.7 Å². The fourth-order valence-electron chi connectivity index (χ4n) is 1.42. The van der Waals surface area contributed by atoms with Crippen molar-refractivity contribution in [3.8, 4) is 0 Å². The maximum Gasteiger partial charge on any atom is 0.0911 e. The molecule has 0 amide bonds. The second-order valence-corrected chi connectivity index (χ2v) is 5.75. The van der Waals surface area contributed by atoms with Crippen molar-refractivity contribution >= 4 is 22.1 Å². The highest BCUT2D eigenvalue weighted by atomic mass is 32.2. The van der Waals surface area contributed by atoms with Gasteiger partial charge in [-0.2, -0.15) is 0 Å². The maximum absolute atomic E-state index is 11.7. The summed E-state index contributed by atoms with van der Waals surface area (Å²) in [5, 5.41) is 1.96. The number of rotatable bonds is 3. The van der Waals surface area contributed by atoms with E-state index < -0.39 is 10.8 Å². The average Bonchev–Trinajstić information content (AvgIpc) is 2.74. The topological polar surface area (TPSA) is 26.3 Å². The van der Waals surface area contributed by atoms with Crippen molar-refractivity contribution in [2.75, 3.05) is 12.4 Å². The van der Waals surface area contributed by atoms with Crippen molar-refractivity contribution in [1.29, 1.82) is 0 Å². The third kappa shape index (κ3) is 2.39. The molecule has 72 valence electrons. The minimum Gasteiger partial charge on any atom is -0.377 e. The van der Waals surface area contributed by atoms with Gasteiger partial charge in [0.15, 0.2) is 0 Å². The molecule has 2 atom stereocenters. The van der Waals surface area contributed by atoms with E-state index in [4.69, 9.17) is 4.74 Å². The van der Waals surface area contributed by atoms with Gasteiger partial charge in [-0.15, -0.1) is 11.3 Å². The quantitative estimate of drug-likeness (QED) is 0.773. The Hall–Kier alpha value is -0.190. The van der Waals surface area contributed by atoms with Gasteiger partial charge in [0.1, 0.15) is 0 Å². The molecule has 0 radical (unpaired) electrons. The second-order valence-electron chi connectivity index (χ2n) is 3.08. The monoisotopic (exact) mass is 216 g/mol. The third-order valence-corrected chi connectivity index (χ3v) is 4.85. The molecule has 13 heavy (non-hydrogen) atoms. The normalized spacial score (nSPS) is 24.8. The van der Waals surface area contributed by atoms with E-state index in [0.29, 0.717) is 5.75 Å². The van der Waals surface area contributed by atoms with Crippen LogP contribution in [0.3, 0.4) is 0 Å². The summed E-state index contributed by atoms with van der Waals surface area (Å²) < 4.78 is 18.1. The molecule has 2 nitrogen and oxygen atoms in total. The first kappa shape index (κ1) is 9.37. The minimum atomic E-state index is -0.849. The van der Waals surface area contributed by atoms with Crippen LogP contribution in [0.1, 0.15) is 12.8 Å². The number of thiophene rings is 1. The van der Waals surface area contributed by atoms with Gasteiger partial charge in [0.25, 0.3) is 0 Å². The first-order valence-corrected chi connectivity index (χ1v) is 6.59. The number of ether oxygens (including phenoxy) is 1. The molecule has 1 aliphatic rings. The largest absolute Gasteiger partial charge is 0.377 e. The first-order chi connectivity index (χ1) is 6.36. The van der Waals surface area contributed by atoms with Crippen LogP contribution in [0, 0.1) is 0 Å². The van der Waals surface area contributed by atoms with Crippen LogP contribution in [-0.2, 0) is 15.5 Å². The Kier molecular flexibility index (Phi) is 3.14. The van der Waals surface area contributed by atoms with Gasteiger partial charge >= 0.3 is 0 Å². The SMILES string of the molecule is O=S(CC1CCCO1)c1cccs1. The van der Waals surface area contributed by atoms with Gasteiger partial charge in [-0.1, -0.05) is 6.07 Å². The van der Waals surface area contributed by atoms with Gasteiger partial charge in [0, 0.05) is 6.61 Å². The minimum absolute atomic E-state index is 0.225. The van der Waals surface area contributed by atoms with Crippen LogP contribution in [0.15, 0.2) is 21.7 Å². The van der Waals surface area contributed by atoms with E-state index in [1.54, 1.807) is 11.3 Å². The molecule has 1 aromatic rings. The van der Waals surface area contributed by atoms with Crippen molar-refractivity contribution in [2.24, 2.45) is 0 Å². The Morgan fingerprint density at radius 3 is 3.23 bits per heavy atom. The zero-order valence-electron chi connectivity index (χ0n) is 7.27. The van der Waals surface area contributed by atoms with Gasteiger partial charge in [-0.25, -0.2) is 0 Å². The van der Waals surface area contributed by atoms with Crippen molar-refractivity contribution in [3.63, 3.8) is 0 Å². The van der Waals surface area contributed by atoms with E-state index in [1.165, 1.54) is 0 Å². The van der Waals surface area contributed by atoms with Gasteiger partial charge in [0.05, 0.1) is 26.9 Å². The van der Waals surface area contributed by atoms with Crippen molar-refractivity contribution in [2.45, 2.75) is 23.2 Å². The maximum atomic E-state index is 11.7. The second kappa shape index (κ2) is 4.35. The Labute approximate surface area is 84.4 Å². The van der Waals surface area contributed by atoms with Crippen molar-refractivity contribution in [1.82, 2.24) is 0 Å². The van der Waals surface area contributed by atoms with E-state index in [-0.39, 0.29) is 6.10 Å². The molecule has 0 aromatic carbocycles. The predicted octanol–water partition coefficient (Wildman–Crippen LogP) is 2.03. The highest BCUT2D eigenvalue weighted by molar-refractivity contribution is 7.87. The van der Waals surface area contributed by atoms with Crippen LogP contribution >= 0.6 is 11.3 Å². The fourth-order valence-corrected chi connectivity index (χ4v) is 3.66. The fraction of sp³-hybridized carbons (Fsp3) is 0.556. The molecule has 1 saturated heterocycles. The first-order valence-electron chi connectivity index (χ1n) is 4.40. The molecule has 1 aromatic heterocycles. The van der Waals surface area contributed by atoms with E-state index in [2.05, 4.69) is 0 Å². The predicted molar refractivity (Wildman–Crippen MR) is 54.6 cm³/mol. The third-order valence-electron chi connectivity index (χ3n) is 2.08. The van der Waals surface area contributed by atoms with Gasteiger partial charge < -0.3 is 4.74 Å². The molecule has 4 heteroatoms. The smallest absolute Gasteiger partial charge is 0.0911 e. The molecule has 2 rings (SSSR count). The lowest BCUT2D eigenvalue weighted by atomic mass is 10.3. The lowest BCUT2D eigenvalue weighted by Gasteiger charge is -2.06. The zero-order valence-corrected chi connectivity index (χ0v) is 8.90. The summed E-state index contributed by atoms with van der Waals surface area (Å²) in [4.78, 5) is 0. The summed E-state index contributed by atoms with van der Waals surface area (Å²) in [5.41, 5.74) is 0. The van der Waals surface area contributed by atoms with Crippen LogP contribution in [0.5, 0.6) is 0 Å². The lowest BCUT2D eigenvalue weighted by Crippen LogP contribution is -2.14. The Balaban J connectivity index is 1.91. The summed E-state index contributed by atoms with van der Waals surface area (Å²) in [7, 11) is -0.849. The molecular formula is C9H12O2S2. The van der Waals surface area contributed by atoms with E-state index >= 15 is 0 Å². The molecular weight excluding hydrogens is 204 g/mol. The highest BCUT2D eigenvalue weighted by Crippen LogP contribution is 2.19. The molecule has 1 aliphatic heterocycles. The van der Waals surface area contributed by atoms with E-state index in [1.807, 2.05) is 17.5 Å². The van der Waals surface area contributed by atoms with Gasteiger partial charge in [-0.05, 0) is 24.3 Å². The van der Waals surface area contributed by atoms with Gasteiger partial charge in [-0.3, -0.25) is 4.21 Å². The summed E-state index contributed by atoms with van der Waals surface area (Å²) in [6.45, 7) is 0.840. The Morgan fingerprint density at radius 2 is 2.62 bits per heavy atom.